The lowest BCUT2D eigenvalue weighted by Crippen LogP contribution is -2.38. The van der Waals surface area contributed by atoms with Crippen molar-refractivity contribution in [2.45, 2.75) is 39.0 Å². The molecule has 0 bridgehead atoms. The molecular formula is C19H26N4O2. The van der Waals surface area contributed by atoms with Gasteiger partial charge in [-0.05, 0) is 38.3 Å². The SMILES string of the molecule is Cc1ccc(OCCC(=O)N2CCC(c3nncn3C)CC2)c(C)c1. The van der Waals surface area contributed by atoms with Crippen LogP contribution in [0.4, 0.5) is 0 Å². The molecule has 0 spiro atoms. The van der Waals surface area contributed by atoms with Gasteiger partial charge in [0, 0.05) is 26.1 Å². The van der Waals surface area contributed by atoms with Gasteiger partial charge in [0.25, 0.3) is 0 Å². The molecule has 0 aliphatic carbocycles. The maximum Gasteiger partial charge on any atom is 0.225 e. The average molecular weight is 342 g/mol. The van der Waals surface area contributed by atoms with Crippen molar-refractivity contribution in [2.24, 2.45) is 7.05 Å². The van der Waals surface area contributed by atoms with Gasteiger partial charge in [0.2, 0.25) is 5.91 Å². The summed E-state index contributed by atoms with van der Waals surface area (Å²) in [5.74, 6) is 2.44. The van der Waals surface area contributed by atoms with Crippen LogP contribution in [0.3, 0.4) is 0 Å². The van der Waals surface area contributed by atoms with Gasteiger partial charge in [-0.2, -0.15) is 0 Å². The summed E-state index contributed by atoms with van der Waals surface area (Å²) in [6, 6.07) is 6.09. The molecule has 1 amide bonds. The Morgan fingerprint density at radius 3 is 2.68 bits per heavy atom. The van der Waals surface area contributed by atoms with E-state index >= 15 is 0 Å². The van der Waals surface area contributed by atoms with E-state index in [1.54, 1.807) is 6.33 Å². The minimum Gasteiger partial charge on any atom is -0.493 e. The first-order valence-electron chi connectivity index (χ1n) is 8.86. The van der Waals surface area contributed by atoms with E-state index in [2.05, 4.69) is 23.2 Å². The first-order chi connectivity index (χ1) is 12.0. The van der Waals surface area contributed by atoms with Crippen molar-refractivity contribution >= 4 is 5.91 Å². The molecule has 0 N–H and O–H groups in total. The molecule has 6 nitrogen and oxygen atoms in total. The molecule has 1 fully saturated rings. The van der Waals surface area contributed by atoms with E-state index in [0.29, 0.717) is 18.9 Å². The number of piperidine rings is 1. The number of aromatic nitrogens is 3. The maximum atomic E-state index is 12.4. The normalized spacial score (nSPS) is 15.4. The van der Waals surface area contributed by atoms with Crippen LogP contribution in [0.5, 0.6) is 5.75 Å². The molecule has 0 saturated carbocycles. The molecule has 25 heavy (non-hydrogen) atoms. The van der Waals surface area contributed by atoms with Crippen molar-refractivity contribution in [3.05, 3.63) is 41.5 Å². The van der Waals surface area contributed by atoms with Crippen molar-refractivity contribution in [1.29, 1.82) is 0 Å². The number of hydrogen-bond donors (Lipinski definition) is 0. The van der Waals surface area contributed by atoms with E-state index in [4.69, 9.17) is 4.74 Å². The van der Waals surface area contributed by atoms with Crippen LogP contribution in [0.15, 0.2) is 24.5 Å². The Balaban J connectivity index is 1.44. The van der Waals surface area contributed by atoms with Gasteiger partial charge in [0.05, 0.1) is 13.0 Å². The highest BCUT2D eigenvalue weighted by atomic mass is 16.5. The standard InChI is InChI=1S/C19H26N4O2/c1-14-4-5-17(15(2)12-14)25-11-8-18(24)23-9-6-16(7-10-23)19-21-20-13-22(19)3/h4-5,12-13,16H,6-11H2,1-3H3. The molecule has 1 aromatic heterocycles. The van der Waals surface area contributed by atoms with E-state index < -0.39 is 0 Å². The third kappa shape index (κ3) is 4.18. The van der Waals surface area contributed by atoms with Gasteiger partial charge in [-0.25, -0.2) is 0 Å². The Bertz CT molecular complexity index is 733. The molecule has 1 aliphatic heterocycles. The fourth-order valence-electron chi connectivity index (χ4n) is 3.42. The zero-order valence-electron chi connectivity index (χ0n) is 15.2. The number of carbonyl (C=O) groups is 1. The van der Waals surface area contributed by atoms with E-state index in [0.717, 1.165) is 43.1 Å². The highest BCUT2D eigenvalue weighted by Gasteiger charge is 2.26. The van der Waals surface area contributed by atoms with Gasteiger partial charge in [0.15, 0.2) is 0 Å². The summed E-state index contributed by atoms with van der Waals surface area (Å²) in [6.07, 6.45) is 4.03. The predicted octanol–water partition coefficient (Wildman–Crippen LogP) is 2.61. The van der Waals surface area contributed by atoms with Crippen LogP contribution in [0.25, 0.3) is 0 Å². The van der Waals surface area contributed by atoms with Crippen LogP contribution in [-0.4, -0.2) is 45.3 Å². The molecule has 134 valence electrons. The minimum atomic E-state index is 0.168. The van der Waals surface area contributed by atoms with E-state index in [-0.39, 0.29) is 5.91 Å². The Labute approximate surface area is 148 Å². The maximum absolute atomic E-state index is 12.4. The number of benzene rings is 1. The Kier molecular flexibility index (Phi) is 5.36. The number of carbonyl (C=O) groups excluding carboxylic acids is 1. The Morgan fingerprint density at radius 2 is 2.04 bits per heavy atom. The monoisotopic (exact) mass is 342 g/mol. The van der Waals surface area contributed by atoms with Gasteiger partial charge in [-0.1, -0.05) is 17.7 Å². The summed E-state index contributed by atoms with van der Waals surface area (Å²) in [5, 5.41) is 8.15. The Hall–Kier alpha value is -2.37. The van der Waals surface area contributed by atoms with Crippen LogP contribution >= 0.6 is 0 Å². The van der Waals surface area contributed by atoms with Gasteiger partial charge >= 0.3 is 0 Å². The molecule has 0 atom stereocenters. The molecule has 0 radical (unpaired) electrons. The topological polar surface area (TPSA) is 60.2 Å². The van der Waals surface area contributed by atoms with E-state index in [1.165, 1.54) is 5.56 Å². The van der Waals surface area contributed by atoms with Crippen molar-refractivity contribution in [2.75, 3.05) is 19.7 Å². The highest BCUT2D eigenvalue weighted by Crippen LogP contribution is 2.26. The summed E-state index contributed by atoms with van der Waals surface area (Å²) in [5.41, 5.74) is 2.32. The number of likely N-dealkylation sites (tertiary alicyclic amines) is 1. The lowest BCUT2D eigenvalue weighted by molar-refractivity contribution is -0.132. The van der Waals surface area contributed by atoms with Crippen molar-refractivity contribution in [1.82, 2.24) is 19.7 Å². The molecule has 3 rings (SSSR count). The van der Waals surface area contributed by atoms with E-state index in [1.807, 2.05) is 35.6 Å². The smallest absolute Gasteiger partial charge is 0.225 e. The fraction of sp³-hybridized carbons (Fsp3) is 0.526. The van der Waals surface area contributed by atoms with Gasteiger partial charge in [0.1, 0.15) is 17.9 Å². The number of nitrogens with zero attached hydrogens (tertiary/aromatic N) is 4. The number of hydrogen-bond acceptors (Lipinski definition) is 4. The van der Waals surface area contributed by atoms with Crippen molar-refractivity contribution in [3.63, 3.8) is 0 Å². The van der Waals surface area contributed by atoms with Gasteiger partial charge in [-0.15, -0.1) is 10.2 Å². The second-order valence-electron chi connectivity index (χ2n) is 6.82. The average Bonchev–Trinajstić information content (AvgIpc) is 3.03. The number of aryl methyl sites for hydroxylation is 3. The largest absolute Gasteiger partial charge is 0.493 e. The van der Waals surface area contributed by atoms with Crippen molar-refractivity contribution < 1.29 is 9.53 Å². The fourth-order valence-corrected chi connectivity index (χ4v) is 3.42. The third-order valence-corrected chi connectivity index (χ3v) is 4.86. The van der Waals surface area contributed by atoms with Crippen molar-refractivity contribution in [3.8, 4) is 5.75 Å². The summed E-state index contributed by atoms with van der Waals surface area (Å²) < 4.78 is 7.75. The van der Waals surface area contributed by atoms with Crippen LogP contribution < -0.4 is 4.74 Å². The summed E-state index contributed by atoms with van der Waals surface area (Å²) in [7, 11) is 1.97. The molecule has 0 unspecified atom stereocenters. The second-order valence-corrected chi connectivity index (χ2v) is 6.82. The molecule has 2 aromatic rings. The quantitative estimate of drug-likeness (QED) is 0.838. The molecule has 2 heterocycles. The van der Waals surface area contributed by atoms with Gasteiger partial charge < -0.3 is 14.2 Å². The molecule has 1 aliphatic rings. The lowest BCUT2D eigenvalue weighted by Gasteiger charge is -2.31. The summed E-state index contributed by atoms with van der Waals surface area (Å²) >= 11 is 0. The first kappa shape index (κ1) is 17.5. The summed E-state index contributed by atoms with van der Waals surface area (Å²) in [4.78, 5) is 14.3. The van der Waals surface area contributed by atoms with Crippen LogP contribution in [-0.2, 0) is 11.8 Å². The Morgan fingerprint density at radius 1 is 1.28 bits per heavy atom. The zero-order chi connectivity index (χ0) is 17.8. The van der Waals surface area contributed by atoms with Crippen LogP contribution in [0.2, 0.25) is 0 Å². The lowest BCUT2D eigenvalue weighted by atomic mass is 9.96. The molecule has 1 aromatic carbocycles. The molecule has 6 heteroatoms. The van der Waals surface area contributed by atoms with Crippen LogP contribution in [0.1, 0.15) is 42.1 Å². The zero-order valence-corrected chi connectivity index (χ0v) is 15.2. The van der Waals surface area contributed by atoms with E-state index in [9.17, 15) is 4.79 Å². The third-order valence-electron chi connectivity index (χ3n) is 4.86. The number of ether oxygens (including phenoxy) is 1. The summed E-state index contributed by atoms with van der Waals surface area (Å²) in [6.45, 7) is 6.07. The van der Waals surface area contributed by atoms with Crippen LogP contribution in [0, 0.1) is 13.8 Å². The first-order valence-corrected chi connectivity index (χ1v) is 8.86. The minimum absolute atomic E-state index is 0.168. The predicted molar refractivity (Wildman–Crippen MR) is 95.6 cm³/mol. The number of amides is 1. The highest BCUT2D eigenvalue weighted by molar-refractivity contribution is 5.76. The van der Waals surface area contributed by atoms with Gasteiger partial charge in [-0.3, -0.25) is 4.79 Å². The number of rotatable bonds is 5. The molecular weight excluding hydrogens is 316 g/mol. The molecule has 1 saturated heterocycles. The second kappa shape index (κ2) is 7.68.